The maximum absolute atomic E-state index is 11.5. The summed E-state index contributed by atoms with van der Waals surface area (Å²) in [4.78, 5) is 19.6. The van der Waals surface area contributed by atoms with Crippen molar-refractivity contribution < 1.29 is 109 Å². The first-order valence-corrected chi connectivity index (χ1v) is 78.6. The van der Waals surface area contributed by atoms with Crippen LogP contribution in [-0.2, 0) is 83.4 Å². The van der Waals surface area contributed by atoms with Gasteiger partial charge >= 0.3 is 151 Å². The second-order valence-corrected chi connectivity index (χ2v) is 55.9. The predicted octanol–water partition coefficient (Wildman–Crippen LogP) is 38.9. The molecular weight excluding hydrogens is 2140 g/mol. The number of nitrogens with zero attached hydrogens (tertiary/aromatic N) is 4. The van der Waals surface area contributed by atoms with E-state index in [4.69, 9.17) is 92.8 Å². The summed E-state index contributed by atoms with van der Waals surface area (Å²) in [5.41, 5.74) is 13.1. The van der Waals surface area contributed by atoms with Crippen LogP contribution in [0.25, 0.3) is 11.1 Å². The predicted molar refractivity (Wildman–Crippen MR) is 571 cm³/mol. The Hall–Kier alpha value is -0.368. The molecule has 8 aliphatic rings. The number of ether oxygens (including phenoxy) is 1. The van der Waals surface area contributed by atoms with Crippen LogP contribution in [0.3, 0.4) is 0 Å². The number of aromatic hydroxyl groups is 4. The number of aryl methyl sites for hydroxylation is 2. The molecule has 0 aliphatic heterocycles. The molecule has 9 nitrogen and oxygen atoms in total. The fourth-order valence-corrected chi connectivity index (χ4v) is 21.8. The Kier molecular flexibility index (Phi) is 70.4. The second kappa shape index (κ2) is 77.1. The van der Waals surface area contributed by atoms with Gasteiger partial charge in [0.15, 0.2) is 0 Å². The second-order valence-electron chi connectivity index (χ2n) is 41.0. The molecule has 13 rings (SSSR count). The Balaban J connectivity index is 0.000000264. The monoisotopic (exact) mass is 2310 g/mol. The van der Waals surface area contributed by atoms with Crippen LogP contribution in [0.2, 0.25) is 0 Å². The van der Waals surface area contributed by atoms with Crippen LogP contribution in [0.1, 0.15) is 492 Å². The number of hydrogen-bond donors (Lipinski definition) is 4. The van der Waals surface area contributed by atoms with Gasteiger partial charge in [-0.1, -0.05) is 301 Å². The first-order valence-electron chi connectivity index (χ1n) is 53.3. The van der Waals surface area contributed by atoms with E-state index in [1.54, 1.807) is 7.11 Å². The molecule has 0 atom stereocenters. The van der Waals surface area contributed by atoms with Gasteiger partial charge in [0.2, 0.25) is 0 Å². The van der Waals surface area contributed by atoms with Crippen LogP contribution < -0.4 is 4.74 Å². The Morgan fingerprint density at radius 2 is 0.455 bits per heavy atom. The third-order valence-corrected chi connectivity index (χ3v) is 30.1. The Morgan fingerprint density at radius 3 is 0.687 bits per heavy atom. The number of aliphatic imine (C=N–C) groups is 4. The van der Waals surface area contributed by atoms with Crippen LogP contribution in [-0.4, -0.2) is 76.6 Å². The fourth-order valence-electron chi connectivity index (χ4n) is 21.8. The molecule has 0 saturated heterocycles. The van der Waals surface area contributed by atoms with Crippen molar-refractivity contribution in [2.75, 3.05) is 7.11 Å². The first kappa shape index (κ1) is 122. The van der Waals surface area contributed by atoms with Gasteiger partial charge in [0.05, 0.1) is 7.11 Å². The zero-order valence-corrected chi connectivity index (χ0v) is 99.6. The SMILES string of the molecule is CC1CCC(N=Cc2cc(-c3ccccc3)cc(C3CCCCCCCCCCC3)c2O)CC1.COc1cc(C=NC2CCC(C)CC2)c(O)c(C2CCCCCCCCCCC2)c1.Cc1cc(C=NC2CCC(C)CC2)c(O)c(C2CCCCCCCCCCC2)c1.Cc1cc(C=NC2CCC(C)CC2)c(O)c(C2CCCCCCCCCCC2)c1.[Cl][Zr][Cl].[Cl][Zr][Cl].[Cl][Zr][Cl].[Cl][Zr][Cl]. The van der Waals surface area contributed by atoms with Crippen LogP contribution in [0.5, 0.6) is 28.7 Å². The van der Waals surface area contributed by atoms with E-state index in [1.807, 2.05) is 30.9 Å². The number of hydrogen-bond acceptors (Lipinski definition) is 9. The molecule has 0 spiro atoms. The summed E-state index contributed by atoms with van der Waals surface area (Å²) < 4.78 is 5.61. The van der Waals surface area contributed by atoms with Gasteiger partial charge in [-0.3, -0.25) is 20.0 Å². The van der Waals surface area contributed by atoms with Crippen LogP contribution >= 0.6 is 68.1 Å². The van der Waals surface area contributed by atoms with E-state index in [-0.39, 0.29) is 0 Å². The van der Waals surface area contributed by atoms with E-state index in [0.717, 1.165) is 88.5 Å². The Bertz CT molecular complexity index is 3800. The summed E-state index contributed by atoms with van der Waals surface area (Å²) >= 11 is -3.30. The van der Waals surface area contributed by atoms with Crippen molar-refractivity contribution in [1.82, 2.24) is 0 Å². The van der Waals surface area contributed by atoms with E-state index >= 15 is 0 Å². The van der Waals surface area contributed by atoms with Gasteiger partial charge in [-0.15, -0.1) is 0 Å². The van der Waals surface area contributed by atoms with Crippen molar-refractivity contribution in [2.45, 2.75) is 475 Å². The van der Waals surface area contributed by atoms with Gasteiger partial charge < -0.3 is 25.2 Å². The van der Waals surface area contributed by atoms with Crippen molar-refractivity contribution in [3.63, 3.8) is 0 Å². The standard InChI is InChI=1S/C32H45NO.C27H43NO2.2C27H43NO.8ClH.4Zr/c1-25-18-20-30(21-19-25)33-24-29-22-28(26-14-12-9-13-15-26)23-31(32(29)34)27-16-10-7-5-3-2-4-6-8-11-17-27;1-21-14-16-24(17-15-21)28-20-23-18-25(30-2)19-26(27(23)29)22-12-10-8-6-4-3-5-7-9-11-13-22;2*1-21-14-16-25(17-15-21)28-20-24-18-22(2)19-26(27(24)29)23-12-10-8-6-4-3-5-7-9-11-13-23;;;;;;;;;;;;/h9,12-15,22-25,27,30,34H,2-8,10-11,16-21H2,1H3;18-22,24,29H,3-17H2,1-2H3;2*18-21,23,25,29H,3-17H2,1-2H3;8*1H;;;;/q;;;;;;;;;;;;4*+2/p-8. The first-order chi connectivity index (χ1) is 65.3. The molecule has 0 heterocycles. The van der Waals surface area contributed by atoms with E-state index in [9.17, 15) is 20.4 Å². The summed E-state index contributed by atoms with van der Waals surface area (Å²) in [5.74, 6) is 7.95. The molecule has 5 aromatic rings. The molecule has 0 aromatic heterocycles. The summed E-state index contributed by atoms with van der Waals surface area (Å²) in [6.45, 7) is 13.7. The van der Waals surface area contributed by atoms with Crippen molar-refractivity contribution in [3.8, 4) is 39.9 Å². The van der Waals surface area contributed by atoms with Gasteiger partial charge in [-0.2, -0.15) is 0 Å². The molecule has 4 N–H and O–H groups in total. The number of phenolic OH excluding ortho intramolecular Hbond substituents is 4. The molecule has 748 valence electrons. The molecule has 8 aliphatic carbocycles. The summed E-state index contributed by atoms with van der Waals surface area (Å²) in [5, 5.41) is 44.9. The summed E-state index contributed by atoms with van der Waals surface area (Å²) in [6.07, 6.45) is 85.7. The molecular formula is C113H174Cl8N4O5Zr4. The molecule has 0 amide bonds. The van der Waals surface area contributed by atoms with Crippen molar-refractivity contribution >= 4 is 93.0 Å². The molecule has 5 aromatic carbocycles. The minimum atomic E-state index is -0.826. The number of halogens is 8. The van der Waals surface area contributed by atoms with Gasteiger partial charge in [-0.05, 0) is 291 Å². The van der Waals surface area contributed by atoms with Gasteiger partial charge in [0, 0.05) is 76.8 Å². The number of phenols is 4. The van der Waals surface area contributed by atoms with E-state index in [1.165, 1.54) is 393 Å². The molecule has 0 radical (unpaired) electrons. The molecule has 8 fully saturated rings. The van der Waals surface area contributed by atoms with Crippen LogP contribution in [0.15, 0.2) is 98.8 Å². The normalized spacial score (nSPS) is 23.5. The van der Waals surface area contributed by atoms with Crippen LogP contribution in [0, 0.1) is 37.5 Å². The summed E-state index contributed by atoms with van der Waals surface area (Å²) in [7, 11) is 41.2. The minimum absolute atomic E-state index is 0.400. The third kappa shape index (κ3) is 51.1. The van der Waals surface area contributed by atoms with Gasteiger partial charge in [0.1, 0.15) is 28.7 Å². The zero-order chi connectivity index (χ0) is 96.6. The van der Waals surface area contributed by atoms with Crippen molar-refractivity contribution in [3.05, 3.63) is 134 Å². The number of rotatable bonds is 14. The van der Waals surface area contributed by atoms with Gasteiger partial charge in [-0.25, -0.2) is 0 Å². The molecule has 0 unspecified atom stereocenters. The quantitative estimate of drug-likeness (QED) is 0.0820. The van der Waals surface area contributed by atoms with Crippen LogP contribution in [0.4, 0.5) is 0 Å². The Labute approximate surface area is 890 Å². The topological polar surface area (TPSA) is 140 Å². The average Bonchev–Trinajstić information content (AvgIpc) is 0.847. The molecule has 0 bridgehead atoms. The molecule has 134 heavy (non-hydrogen) atoms. The maximum atomic E-state index is 11.5. The fraction of sp³-hybridized carbons (Fsp3) is 0.699. The molecule has 8 saturated carbocycles. The summed E-state index contributed by atoms with van der Waals surface area (Å²) in [6, 6.07) is 29.5. The number of methoxy groups -OCH3 is 1. The number of benzene rings is 5. The van der Waals surface area contributed by atoms with Crippen molar-refractivity contribution in [2.24, 2.45) is 43.6 Å². The van der Waals surface area contributed by atoms with E-state index in [0.29, 0.717) is 70.8 Å². The van der Waals surface area contributed by atoms with E-state index in [2.05, 4.69) is 114 Å². The Morgan fingerprint density at radius 1 is 0.254 bits per heavy atom. The zero-order valence-electron chi connectivity index (χ0n) is 83.7. The third-order valence-electron chi connectivity index (χ3n) is 30.1. The van der Waals surface area contributed by atoms with Crippen molar-refractivity contribution in [1.29, 1.82) is 0 Å². The van der Waals surface area contributed by atoms with Gasteiger partial charge in [0.25, 0.3) is 0 Å². The van der Waals surface area contributed by atoms with E-state index < -0.39 is 83.4 Å². The average molecular weight is 2320 g/mol. The molecule has 21 heteroatoms.